The summed E-state index contributed by atoms with van der Waals surface area (Å²) in [6.07, 6.45) is 9.06. The van der Waals surface area contributed by atoms with Gasteiger partial charge in [-0.3, -0.25) is 0 Å². The molecule has 0 spiro atoms. The molecule has 0 saturated heterocycles. The second kappa shape index (κ2) is 9.14. The Bertz CT molecular complexity index is 1340. The summed E-state index contributed by atoms with van der Waals surface area (Å²) >= 11 is 0. The molecule has 0 atom stereocenters. The number of carboxylic acids is 1. The highest BCUT2D eigenvalue weighted by molar-refractivity contribution is 5.96. The van der Waals surface area contributed by atoms with Crippen LogP contribution in [0.25, 0.3) is 16.6 Å². The van der Waals surface area contributed by atoms with Crippen LogP contribution in [0.5, 0.6) is 17.2 Å². The third-order valence-electron chi connectivity index (χ3n) is 7.11. The molecule has 0 amide bonds. The van der Waals surface area contributed by atoms with E-state index in [4.69, 9.17) is 9.47 Å². The Morgan fingerprint density at radius 1 is 0.771 bits per heavy atom. The molecule has 6 rings (SSSR count). The van der Waals surface area contributed by atoms with Crippen LogP contribution in [0.3, 0.4) is 0 Å². The van der Waals surface area contributed by atoms with Crippen molar-refractivity contribution in [3.8, 4) is 22.9 Å². The minimum atomic E-state index is -0.972. The average molecular weight is 468 g/mol. The third-order valence-corrected chi connectivity index (χ3v) is 7.11. The second-order valence-electron chi connectivity index (χ2n) is 9.71. The van der Waals surface area contributed by atoms with E-state index in [2.05, 4.69) is 12.1 Å². The van der Waals surface area contributed by atoms with E-state index in [0.717, 1.165) is 40.9 Å². The number of aromatic nitrogens is 1. The van der Waals surface area contributed by atoms with Crippen LogP contribution in [-0.4, -0.2) is 21.7 Å². The van der Waals surface area contributed by atoms with E-state index >= 15 is 0 Å². The van der Waals surface area contributed by atoms with Crippen molar-refractivity contribution in [1.82, 2.24) is 4.57 Å². The predicted octanol–water partition coefficient (Wildman–Crippen LogP) is 7.71. The van der Waals surface area contributed by atoms with Gasteiger partial charge < -0.3 is 19.1 Å². The van der Waals surface area contributed by atoms with Gasteiger partial charge in [-0.2, -0.15) is 0 Å². The highest BCUT2D eigenvalue weighted by atomic mass is 16.5. The summed E-state index contributed by atoms with van der Waals surface area (Å²) in [6.45, 7) is 0. The molecular formula is C30H29NO4. The number of rotatable bonds is 7. The zero-order chi connectivity index (χ0) is 23.8. The molecule has 5 nitrogen and oxygen atoms in total. The van der Waals surface area contributed by atoms with Crippen LogP contribution < -0.4 is 9.47 Å². The Labute approximate surface area is 204 Å². The van der Waals surface area contributed by atoms with E-state index < -0.39 is 5.97 Å². The normalized spacial score (nSPS) is 16.3. The van der Waals surface area contributed by atoms with E-state index in [9.17, 15) is 9.90 Å². The summed E-state index contributed by atoms with van der Waals surface area (Å²) in [5.74, 6) is 1.98. The molecule has 0 bridgehead atoms. The Kier molecular flexibility index (Phi) is 5.69. The molecule has 0 radical (unpaired) electrons. The van der Waals surface area contributed by atoms with Gasteiger partial charge >= 0.3 is 5.97 Å². The van der Waals surface area contributed by atoms with Gasteiger partial charge in [-0.05, 0) is 97.8 Å². The Morgan fingerprint density at radius 2 is 1.46 bits per heavy atom. The van der Waals surface area contributed by atoms with Crippen molar-refractivity contribution in [2.75, 3.05) is 0 Å². The number of carbonyl (C=O) groups is 1. The first-order chi connectivity index (χ1) is 17.1. The molecule has 2 aliphatic carbocycles. The van der Waals surface area contributed by atoms with Crippen molar-refractivity contribution >= 4 is 16.9 Å². The van der Waals surface area contributed by atoms with E-state index in [1.807, 2.05) is 54.6 Å². The van der Waals surface area contributed by atoms with Crippen molar-refractivity contribution in [3.63, 3.8) is 0 Å². The number of ether oxygens (including phenoxy) is 2. The summed E-state index contributed by atoms with van der Waals surface area (Å²) in [4.78, 5) is 12.0. The summed E-state index contributed by atoms with van der Waals surface area (Å²) in [7, 11) is 0. The Hall–Kier alpha value is -3.73. The van der Waals surface area contributed by atoms with Crippen LogP contribution in [0.2, 0.25) is 0 Å². The van der Waals surface area contributed by atoms with Crippen LogP contribution in [0.1, 0.15) is 66.9 Å². The monoisotopic (exact) mass is 467 g/mol. The molecule has 35 heavy (non-hydrogen) atoms. The number of benzene rings is 3. The summed E-state index contributed by atoms with van der Waals surface area (Å²) in [6, 6.07) is 23.5. The molecule has 1 N–H and O–H groups in total. The van der Waals surface area contributed by atoms with Crippen molar-refractivity contribution in [2.45, 2.75) is 57.0 Å². The van der Waals surface area contributed by atoms with Crippen molar-refractivity contribution in [3.05, 3.63) is 84.1 Å². The summed E-state index contributed by atoms with van der Waals surface area (Å²) in [5.41, 5.74) is 3.21. The first-order valence-corrected chi connectivity index (χ1v) is 12.6. The fourth-order valence-electron chi connectivity index (χ4n) is 5.12. The maximum Gasteiger partial charge on any atom is 0.352 e. The molecule has 5 heteroatoms. The Balaban J connectivity index is 1.26. The van der Waals surface area contributed by atoms with Gasteiger partial charge in [0, 0.05) is 11.1 Å². The van der Waals surface area contributed by atoms with Gasteiger partial charge in [0.25, 0.3) is 0 Å². The van der Waals surface area contributed by atoms with Crippen LogP contribution in [-0.2, 0) is 0 Å². The zero-order valence-corrected chi connectivity index (χ0v) is 19.7. The van der Waals surface area contributed by atoms with Crippen molar-refractivity contribution < 1.29 is 19.4 Å². The van der Waals surface area contributed by atoms with Crippen LogP contribution >= 0.6 is 0 Å². The van der Waals surface area contributed by atoms with E-state index in [0.29, 0.717) is 17.8 Å². The van der Waals surface area contributed by atoms with Crippen LogP contribution in [0, 0.1) is 0 Å². The number of fused-ring (bicyclic) bond motifs is 1. The number of carboxylic acid groups (broad SMARTS) is 1. The minimum absolute atomic E-state index is 0.213. The SMILES string of the molecule is O=C(O)c1cc2cc(Oc3ccc(C4CCCCC4)cc3)ccc2n1-c1ccc(OC2CC2)cc1. The zero-order valence-electron chi connectivity index (χ0n) is 19.7. The first kappa shape index (κ1) is 21.8. The van der Waals surface area contributed by atoms with Gasteiger partial charge in [0.1, 0.15) is 22.9 Å². The largest absolute Gasteiger partial charge is 0.490 e. The topological polar surface area (TPSA) is 60.7 Å². The molecule has 0 unspecified atom stereocenters. The first-order valence-electron chi connectivity index (χ1n) is 12.6. The second-order valence-corrected chi connectivity index (χ2v) is 9.71. The maximum atomic E-state index is 12.0. The van der Waals surface area contributed by atoms with Gasteiger partial charge in [-0.25, -0.2) is 4.79 Å². The molecule has 3 aromatic carbocycles. The quantitative estimate of drug-likeness (QED) is 0.302. The van der Waals surface area contributed by atoms with E-state index in [-0.39, 0.29) is 5.69 Å². The molecule has 1 aromatic heterocycles. The molecule has 178 valence electrons. The highest BCUT2D eigenvalue weighted by Crippen LogP contribution is 2.35. The fraction of sp³-hybridized carbons (Fsp3) is 0.300. The standard InChI is InChI=1S/C30H29NO4/c32-30(33)29-19-22-18-27(35-24-10-6-21(7-11-24)20-4-2-1-3-5-20)16-17-28(22)31(29)23-8-12-25(13-9-23)34-26-14-15-26/h6-13,16-20,26H,1-5,14-15H2,(H,32,33). The average Bonchev–Trinajstić information content (AvgIpc) is 3.62. The maximum absolute atomic E-state index is 12.0. The van der Waals surface area contributed by atoms with Crippen molar-refractivity contribution in [1.29, 1.82) is 0 Å². The van der Waals surface area contributed by atoms with Crippen LogP contribution in [0.15, 0.2) is 72.8 Å². The van der Waals surface area contributed by atoms with Gasteiger partial charge in [-0.1, -0.05) is 31.4 Å². The van der Waals surface area contributed by atoms with Gasteiger partial charge in [0.2, 0.25) is 0 Å². The van der Waals surface area contributed by atoms with E-state index in [1.165, 1.54) is 37.7 Å². The highest BCUT2D eigenvalue weighted by Gasteiger charge is 2.23. The molecule has 2 aliphatic rings. The fourth-order valence-corrected chi connectivity index (χ4v) is 5.12. The van der Waals surface area contributed by atoms with E-state index in [1.54, 1.807) is 10.6 Å². The van der Waals surface area contributed by atoms with Gasteiger partial charge in [0.15, 0.2) is 0 Å². The molecule has 4 aromatic rings. The molecular weight excluding hydrogens is 438 g/mol. The lowest BCUT2D eigenvalue weighted by molar-refractivity contribution is 0.0688. The molecule has 2 saturated carbocycles. The Morgan fingerprint density at radius 3 is 2.14 bits per heavy atom. The van der Waals surface area contributed by atoms with Crippen molar-refractivity contribution in [2.24, 2.45) is 0 Å². The number of hydrogen-bond acceptors (Lipinski definition) is 3. The third kappa shape index (κ3) is 4.63. The predicted molar refractivity (Wildman–Crippen MR) is 136 cm³/mol. The lowest BCUT2D eigenvalue weighted by Gasteiger charge is -2.22. The molecule has 0 aliphatic heterocycles. The smallest absolute Gasteiger partial charge is 0.352 e. The number of aromatic carboxylic acids is 1. The number of nitrogens with zero attached hydrogens (tertiary/aromatic N) is 1. The molecule has 2 fully saturated rings. The summed E-state index contributed by atoms with van der Waals surface area (Å²) in [5, 5.41) is 10.7. The van der Waals surface area contributed by atoms with Gasteiger partial charge in [0.05, 0.1) is 11.6 Å². The minimum Gasteiger partial charge on any atom is -0.490 e. The van der Waals surface area contributed by atoms with Crippen LogP contribution in [0.4, 0.5) is 0 Å². The molecule has 1 heterocycles. The lowest BCUT2D eigenvalue weighted by Crippen LogP contribution is -2.06. The lowest BCUT2D eigenvalue weighted by atomic mass is 9.84. The number of hydrogen-bond donors (Lipinski definition) is 1. The summed E-state index contributed by atoms with van der Waals surface area (Å²) < 4.78 is 13.7. The van der Waals surface area contributed by atoms with Gasteiger partial charge in [-0.15, -0.1) is 0 Å².